The van der Waals surface area contributed by atoms with Gasteiger partial charge in [0.1, 0.15) is 5.76 Å². The number of carbonyl (C=O) groups excluding carboxylic acids is 2. The van der Waals surface area contributed by atoms with E-state index < -0.39 is 0 Å². The van der Waals surface area contributed by atoms with Crippen LogP contribution < -0.4 is 5.43 Å². The summed E-state index contributed by atoms with van der Waals surface area (Å²) in [5.74, 6) is 0.358. The van der Waals surface area contributed by atoms with Crippen LogP contribution in [0.1, 0.15) is 26.0 Å². The van der Waals surface area contributed by atoms with Crippen LogP contribution in [0.25, 0.3) is 6.08 Å². The summed E-state index contributed by atoms with van der Waals surface area (Å²) in [5, 5.41) is 1.12. The Bertz CT molecular complexity index is 633. The van der Waals surface area contributed by atoms with Crippen LogP contribution in [0.2, 0.25) is 0 Å². The SMILES string of the molecule is CC(C)CC(=O)NN1C(=O)C(=CC=Cc2ccco2)SC1=S. The van der Waals surface area contributed by atoms with Gasteiger partial charge in [0.15, 0.2) is 4.32 Å². The summed E-state index contributed by atoms with van der Waals surface area (Å²) < 4.78 is 5.48. The second-order valence-corrected chi connectivity index (χ2v) is 6.72. The molecule has 1 aromatic rings. The fourth-order valence-electron chi connectivity index (χ4n) is 1.74. The first-order valence-corrected chi connectivity index (χ1v) is 7.97. The lowest BCUT2D eigenvalue weighted by atomic mass is 10.1. The maximum atomic E-state index is 12.2. The third-order valence-corrected chi connectivity index (χ3v) is 4.00. The minimum atomic E-state index is -0.323. The van der Waals surface area contributed by atoms with Gasteiger partial charge in [-0.1, -0.05) is 31.7 Å². The first kappa shape index (κ1) is 16.5. The summed E-state index contributed by atoms with van der Waals surface area (Å²) >= 11 is 6.28. The van der Waals surface area contributed by atoms with Gasteiger partial charge < -0.3 is 4.42 Å². The maximum Gasteiger partial charge on any atom is 0.285 e. The number of thiocarbonyl (C=S) groups is 1. The number of hydrogen-bond donors (Lipinski definition) is 1. The minimum absolute atomic E-state index is 0.213. The third kappa shape index (κ3) is 4.32. The number of thioether (sulfide) groups is 1. The van der Waals surface area contributed by atoms with Crippen LogP contribution in [0.4, 0.5) is 0 Å². The average Bonchev–Trinajstić information content (AvgIpc) is 3.02. The number of nitrogens with zero attached hydrogens (tertiary/aromatic N) is 1. The molecular weight excluding hydrogens is 320 g/mol. The number of hydrazine groups is 1. The van der Waals surface area contributed by atoms with Crippen molar-refractivity contribution in [1.82, 2.24) is 10.4 Å². The molecule has 0 aromatic carbocycles. The first-order valence-electron chi connectivity index (χ1n) is 6.75. The van der Waals surface area contributed by atoms with Crippen molar-refractivity contribution in [3.63, 3.8) is 0 Å². The van der Waals surface area contributed by atoms with E-state index in [1.807, 2.05) is 19.9 Å². The second-order valence-electron chi connectivity index (χ2n) is 5.05. The zero-order valence-corrected chi connectivity index (χ0v) is 13.9. The molecule has 1 fully saturated rings. The van der Waals surface area contributed by atoms with E-state index in [1.54, 1.807) is 30.6 Å². The monoisotopic (exact) mass is 336 g/mol. The molecule has 0 atom stereocenters. The molecule has 116 valence electrons. The van der Waals surface area contributed by atoms with Gasteiger partial charge in [0.25, 0.3) is 5.91 Å². The highest BCUT2D eigenvalue weighted by Gasteiger charge is 2.33. The Morgan fingerprint density at radius 2 is 2.32 bits per heavy atom. The highest BCUT2D eigenvalue weighted by molar-refractivity contribution is 8.26. The van der Waals surface area contributed by atoms with Crippen LogP contribution in [0, 0.1) is 5.92 Å². The van der Waals surface area contributed by atoms with Gasteiger partial charge >= 0.3 is 0 Å². The van der Waals surface area contributed by atoms with E-state index in [4.69, 9.17) is 16.6 Å². The molecule has 7 heteroatoms. The summed E-state index contributed by atoms with van der Waals surface area (Å²) in [4.78, 5) is 24.4. The van der Waals surface area contributed by atoms with E-state index in [2.05, 4.69) is 5.43 Å². The minimum Gasteiger partial charge on any atom is -0.465 e. The molecule has 0 spiro atoms. The molecule has 1 saturated heterocycles. The van der Waals surface area contributed by atoms with Crippen LogP contribution in [0.3, 0.4) is 0 Å². The fourth-order valence-corrected chi connectivity index (χ4v) is 2.87. The molecule has 5 nitrogen and oxygen atoms in total. The lowest BCUT2D eigenvalue weighted by molar-refractivity contribution is -0.133. The molecule has 1 aliphatic rings. The van der Waals surface area contributed by atoms with Crippen molar-refractivity contribution in [1.29, 1.82) is 0 Å². The molecule has 1 N–H and O–H groups in total. The molecule has 2 rings (SSSR count). The largest absolute Gasteiger partial charge is 0.465 e. The van der Waals surface area contributed by atoms with E-state index in [1.165, 1.54) is 0 Å². The molecule has 22 heavy (non-hydrogen) atoms. The van der Waals surface area contributed by atoms with Gasteiger partial charge in [-0.2, -0.15) is 5.01 Å². The molecule has 0 bridgehead atoms. The highest BCUT2D eigenvalue weighted by Crippen LogP contribution is 2.29. The van der Waals surface area contributed by atoms with Crippen LogP contribution >= 0.6 is 24.0 Å². The van der Waals surface area contributed by atoms with E-state index in [-0.39, 0.29) is 17.7 Å². The van der Waals surface area contributed by atoms with E-state index in [0.29, 0.717) is 21.4 Å². The quantitative estimate of drug-likeness (QED) is 0.661. The van der Waals surface area contributed by atoms with Crippen molar-refractivity contribution in [2.45, 2.75) is 20.3 Å². The predicted octanol–water partition coefficient (Wildman–Crippen LogP) is 3.11. The predicted molar refractivity (Wildman–Crippen MR) is 90.5 cm³/mol. The number of nitrogens with one attached hydrogen (secondary N) is 1. The summed E-state index contributed by atoms with van der Waals surface area (Å²) in [6.45, 7) is 3.87. The zero-order valence-electron chi connectivity index (χ0n) is 12.2. The summed E-state index contributed by atoms with van der Waals surface area (Å²) in [6, 6.07) is 3.59. The van der Waals surface area contributed by atoms with Crippen molar-refractivity contribution < 1.29 is 14.0 Å². The molecule has 1 aliphatic heterocycles. The normalized spacial score (nSPS) is 17.2. The average molecular weight is 336 g/mol. The van der Waals surface area contributed by atoms with Crippen molar-refractivity contribution in [3.8, 4) is 0 Å². The van der Waals surface area contributed by atoms with Gasteiger partial charge in [0.2, 0.25) is 5.91 Å². The lowest BCUT2D eigenvalue weighted by Crippen LogP contribution is -2.45. The molecule has 0 aliphatic carbocycles. The highest BCUT2D eigenvalue weighted by atomic mass is 32.2. The third-order valence-electron chi connectivity index (χ3n) is 2.68. The van der Waals surface area contributed by atoms with E-state index >= 15 is 0 Å². The van der Waals surface area contributed by atoms with Gasteiger partial charge in [-0.25, -0.2) is 0 Å². The molecule has 0 saturated carbocycles. The number of hydrogen-bond acceptors (Lipinski definition) is 5. The van der Waals surface area contributed by atoms with Gasteiger partial charge in [-0.05, 0) is 42.4 Å². The van der Waals surface area contributed by atoms with Crippen LogP contribution in [-0.2, 0) is 9.59 Å². The standard InChI is InChI=1S/C15H16N2O3S2/c1-10(2)9-13(18)16-17-14(19)12(22-15(17)21)7-3-5-11-6-4-8-20-11/h3-8,10H,9H2,1-2H3,(H,16,18). The molecule has 2 amide bonds. The van der Waals surface area contributed by atoms with Crippen molar-refractivity contribution in [3.05, 3.63) is 41.2 Å². The Morgan fingerprint density at radius 1 is 1.55 bits per heavy atom. The Hall–Kier alpha value is -1.86. The van der Waals surface area contributed by atoms with Crippen LogP contribution in [0.5, 0.6) is 0 Å². The molecule has 2 heterocycles. The van der Waals surface area contributed by atoms with Crippen molar-refractivity contribution in [2.75, 3.05) is 0 Å². The van der Waals surface area contributed by atoms with Gasteiger partial charge in [0, 0.05) is 6.42 Å². The second kappa shape index (κ2) is 7.42. The Kier molecular flexibility index (Phi) is 5.57. The molecule has 0 radical (unpaired) electrons. The number of amides is 2. The number of furan rings is 1. The molecule has 0 unspecified atom stereocenters. The lowest BCUT2D eigenvalue weighted by Gasteiger charge is -2.16. The summed E-state index contributed by atoms with van der Waals surface area (Å²) in [5.41, 5.74) is 2.54. The van der Waals surface area contributed by atoms with Gasteiger partial charge in [-0.15, -0.1) is 0 Å². The van der Waals surface area contributed by atoms with Crippen LogP contribution in [0.15, 0.2) is 39.9 Å². The first-order chi connectivity index (χ1) is 10.5. The molecular formula is C15H16N2O3S2. The van der Waals surface area contributed by atoms with Gasteiger partial charge in [0.05, 0.1) is 11.2 Å². The van der Waals surface area contributed by atoms with Crippen LogP contribution in [-0.4, -0.2) is 21.1 Å². The fraction of sp³-hybridized carbons (Fsp3) is 0.267. The Morgan fingerprint density at radius 3 is 2.95 bits per heavy atom. The maximum absolute atomic E-state index is 12.2. The van der Waals surface area contributed by atoms with E-state index in [9.17, 15) is 9.59 Å². The summed E-state index contributed by atoms with van der Waals surface area (Å²) in [6.07, 6.45) is 7.01. The van der Waals surface area contributed by atoms with Gasteiger partial charge in [-0.3, -0.25) is 15.0 Å². The summed E-state index contributed by atoms with van der Waals surface area (Å²) in [7, 11) is 0. The number of rotatable bonds is 5. The van der Waals surface area contributed by atoms with Crippen molar-refractivity contribution in [2.24, 2.45) is 5.92 Å². The smallest absolute Gasteiger partial charge is 0.285 e. The van der Waals surface area contributed by atoms with Crippen molar-refractivity contribution >= 4 is 46.2 Å². The number of carbonyl (C=O) groups is 2. The number of allylic oxidation sites excluding steroid dienone is 2. The molecule has 1 aromatic heterocycles. The zero-order chi connectivity index (χ0) is 16.1. The Balaban J connectivity index is 2.00. The van der Waals surface area contributed by atoms with E-state index in [0.717, 1.165) is 16.8 Å². The topological polar surface area (TPSA) is 62.6 Å². The Labute approximate surface area is 138 Å².